The first-order chi connectivity index (χ1) is 3.41. The maximum atomic E-state index is 3.54. The lowest BCUT2D eigenvalue weighted by molar-refractivity contribution is 1.38. The second-order valence-corrected chi connectivity index (χ2v) is 1.28. The van der Waals surface area contributed by atoms with E-state index < -0.39 is 0 Å². The normalized spacial score (nSPS) is 11.7. The van der Waals surface area contributed by atoms with E-state index in [9.17, 15) is 0 Å². The third-order valence-corrected chi connectivity index (χ3v) is 0.675. The van der Waals surface area contributed by atoms with Crippen LogP contribution in [0.5, 0.6) is 0 Å². The van der Waals surface area contributed by atoms with Crippen molar-refractivity contribution in [1.29, 1.82) is 0 Å². The first-order valence-corrected chi connectivity index (χ1v) is 2.47. The van der Waals surface area contributed by atoms with Crippen LogP contribution in [0.1, 0.15) is 13.3 Å². The van der Waals surface area contributed by atoms with Gasteiger partial charge in [-0.2, -0.15) is 0 Å². The summed E-state index contributed by atoms with van der Waals surface area (Å²) >= 11 is 0. The Morgan fingerprint density at radius 3 is 2.57 bits per heavy atom. The first kappa shape index (κ1) is 6.48. The van der Waals surface area contributed by atoms with Crippen LogP contribution in [0.3, 0.4) is 0 Å². The van der Waals surface area contributed by atoms with E-state index in [-0.39, 0.29) is 0 Å². The SMILES string of the molecule is [CH2]C=CCC=CC. The Balaban J connectivity index is 2.98. The Hall–Kier alpha value is -0.520. The molecule has 0 aliphatic rings. The molecule has 39 valence electrons. The van der Waals surface area contributed by atoms with Crippen LogP contribution in [0.4, 0.5) is 0 Å². The Bertz CT molecular complexity index is 58.1. The molecule has 1 radical (unpaired) electrons. The highest BCUT2D eigenvalue weighted by molar-refractivity contribution is 4.92. The molecule has 0 saturated heterocycles. The fourth-order valence-corrected chi connectivity index (χ4v) is 0.311. The monoisotopic (exact) mass is 95.1 g/mol. The molecule has 0 rings (SSSR count). The standard InChI is InChI=1S/C7H11/c1-3-5-7-6-4-2/h3-6H,1,7H2,2H3. The maximum absolute atomic E-state index is 3.54. The molecule has 0 unspecified atom stereocenters. The predicted octanol–water partition coefficient (Wildman–Crippen LogP) is 2.34. The molecule has 0 bridgehead atoms. The van der Waals surface area contributed by atoms with E-state index in [1.54, 1.807) is 6.08 Å². The van der Waals surface area contributed by atoms with Gasteiger partial charge in [0.15, 0.2) is 0 Å². The van der Waals surface area contributed by atoms with E-state index in [1.165, 1.54) is 0 Å². The van der Waals surface area contributed by atoms with E-state index in [0.29, 0.717) is 0 Å². The van der Waals surface area contributed by atoms with Crippen LogP contribution in [-0.2, 0) is 0 Å². The van der Waals surface area contributed by atoms with Crippen molar-refractivity contribution in [3.8, 4) is 0 Å². The van der Waals surface area contributed by atoms with Gasteiger partial charge in [0.05, 0.1) is 0 Å². The second-order valence-electron chi connectivity index (χ2n) is 1.28. The summed E-state index contributed by atoms with van der Waals surface area (Å²) in [6.45, 7) is 5.55. The Morgan fingerprint density at radius 1 is 1.43 bits per heavy atom. The molecule has 0 N–H and O–H groups in total. The lowest BCUT2D eigenvalue weighted by atomic mass is 10.3. The van der Waals surface area contributed by atoms with E-state index in [1.807, 2.05) is 19.1 Å². The zero-order chi connectivity index (χ0) is 5.54. The first-order valence-electron chi connectivity index (χ1n) is 2.47. The Labute approximate surface area is 45.5 Å². The zero-order valence-electron chi connectivity index (χ0n) is 4.72. The number of hydrogen-bond acceptors (Lipinski definition) is 0. The van der Waals surface area contributed by atoms with Crippen molar-refractivity contribution in [2.75, 3.05) is 0 Å². The van der Waals surface area contributed by atoms with Crippen molar-refractivity contribution < 1.29 is 0 Å². The van der Waals surface area contributed by atoms with E-state index in [2.05, 4.69) is 13.0 Å². The molecule has 0 fully saturated rings. The van der Waals surface area contributed by atoms with Gasteiger partial charge in [0, 0.05) is 0 Å². The van der Waals surface area contributed by atoms with E-state index >= 15 is 0 Å². The van der Waals surface area contributed by atoms with Crippen molar-refractivity contribution in [3.05, 3.63) is 31.2 Å². The minimum atomic E-state index is 1.01. The number of rotatable bonds is 2. The summed E-state index contributed by atoms with van der Waals surface area (Å²) in [6.07, 6.45) is 8.95. The van der Waals surface area contributed by atoms with Crippen molar-refractivity contribution >= 4 is 0 Å². The second kappa shape index (κ2) is 5.48. The molecule has 0 aromatic heterocycles. The molecule has 0 atom stereocenters. The van der Waals surface area contributed by atoms with Gasteiger partial charge >= 0.3 is 0 Å². The van der Waals surface area contributed by atoms with Crippen LogP contribution in [-0.4, -0.2) is 0 Å². The average Bonchev–Trinajstić information content (AvgIpc) is 1.69. The van der Waals surface area contributed by atoms with Crippen LogP contribution >= 0.6 is 0 Å². The van der Waals surface area contributed by atoms with Gasteiger partial charge in [-0.3, -0.25) is 0 Å². The molecule has 0 heteroatoms. The van der Waals surface area contributed by atoms with Crippen molar-refractivity contribution in [2.24, 2.45) is 0 Å². The van der Waals surface area contributed by atoms with Gasteiger partial charge in [0.25, 0.3) is 0 Å². The highest BCUT2D eigenvalue weighted by atomic mass is 13.7. The molecule has 7 heavy (non-hydrogen) atoms. The molecule has 0 aromatic carbocycles. The summed E-state index contributed by atoms with van der Waals surface area (Å²) in [5.74, 6) is 0. The van der Waals surface area contributed by atoms with Crippen LogP contribution in [0.25, 0.3) is 0 Å². The maximum Gasteiger partial charge on any atom is -0.0169 e. The Kier molecular flexibility index (Phi) is 5.07. The third kappa shape index (κ3) is 5.48. The van der Waals surface area contributed by atoms with E-state index in [0.717, 1.165) is 6.42 Å². The molecule has 0 heterocycles. The van der Waals surface area contributed by atoms with Crippen molar-refractivity contribution in [1.82, 2.24) is 0 Å². The summed E-state index contributed by atoms with van der Waals surface area (Å²) in [7, 11) is 0. The highest BCUT2D eigenvalue weighted by Crippen LogP contribution is 1.82. The quantitative estimate of drug-likeness (QED) is 0.462. The molecule has 0 amide bonds. The van der Waals surface area contributed by atoms with Gasteiger partial charge in [-0.1, -0.05) is 24.3 Å². The van der Waals surface area contributed by atoms with Gasteiger partial charge in [0.1, 0.15) is 0 Å². The largest absolute Gasteiger partial charge is 0.0914 e. The van der Waals surface area contributed by atoms with Crippen LogP contribution in [0.15, 0.2) is 24.3 Å². The summed E-state index contributed by atoms with van der Waals surface area (Å²) in [4.78, 5) is 0. The van der Waals surface area contributed by atoms with Crippen LogP contribution < -0.4 is 0 Å². The molecular weight excluding hydrogens is 84.1 g/mol. The zero-order valence-corrected chi connectivity index (χ0v) is 4.72. The number of allylic oxidation sites excluding steroid dienone is 4. The molecule has 0 aliphatic heterocycles. The minimum Gasteiger partial charge on any atom is -0.0914 e. The summed E-state index contributed by atoms with van der Waals surface area (Å²) in [6, 6.07) is 0. The van der Waals surface area contributed by atoms with Gasteiger partial charge in [-0.25, -0.2) is 0 Å². The summed E-state index contributed by atoms with van der Waals surface area (Å²) < 4.78 is 0. The van der Waals surface area contributed by atoms with Crippen molar-refractivity contribution in [2.45, 2.75) is 13.3 Å². The fraction of sp³-hybridized carbons (Fsp3) is 0.286. The third-order valence-electron chi connectivity index (χ3n) is 0.675. The van der Waals surface area contributed by atoms with Gasteiger partial charge < -0.3 is 0 Å². The molecule has 0 nitrogen and oxygen atoms in total. The topological polar surface area (TPSA) is 0 Å². The minimum absolute atomic E-state index is 1.01. The fourth-order valence-electron chi connectivity index (χ4n) is 0.311. The summed E-state index contributed by atoms with van der Waals surface area (Å²) in [5, 5.41) is 0. The van der Waals surface area contributed by atoms with Gasteiger partial charge in [0.2, 0.25) is 0 Å². The average molecular weight is 95.2 g/mol. The molecule has 0 aromatic rings. The molecule has 0 aliphatic carbocycles. The van der Waals surface area contributed by atoms with Gasteiger partial charge in [-0.05, 0) is 20.3 Å². The van der Waals surface area contributed by atoms with E-state index in [4.69, 9.17) is 0 Å². The molecule has 0 spiro atoms. The van der Waals surface area contributed by atoms with Crippen LogP contribution in [0, 0.1) is 6.92 Å². The predicted molar refractivity (Wildman–Crippen MR) is 33.9 cm³/mol. The van der Waals surface area contributed by atoms with Gasteiger partial charge in [-0.15, -0.1) is 0 Å². The molecule has 0 saturated carbocycles. The number of hydrogen-bond donors (Lipinski definition) is 0. The smallest absolute Gasteiger partial charge is 0.0169 e. The van der Waals surface area contributed by atoms with Crippen LogP contribution in [0.2, 0.25) is 0 Å². The lowest BCUT2D eigenvalue weighted by Crippen LogP contribution is -1.52. The van der Waals surface area contributed by atoms with Crippen molar-refractivity contribution in [3.63, 3.8) is 0 Å². The molecular formula is C7H11. The summed E-state index contributed by atoms with van der Waals surface area (Å²) in [5.41, 5.74) is 0. The Morgan fingerprint density at radius 2 is 2.14 bits per heavy atom. The highest BCUT2D eigenvalue weighted by Gasteiger charge is 1.61. The lowest BCUT2D eigenvalue weighted by Gasteiger charge is -1.73.